The molecule has 0 aliphatic rings. The fourth-order valence-electron chi connectivity index (χ4n) is 1.81. The van der Waals surface area contributed by atoms with Gasteiger partial charge in [0, 0.05) is 22.3 Å². The summed E-state index contributed by atoms with van der Waals surface area (Å²) in [6, 6.07) is 5.33. The summed E-state index contributed by atoms with van der Waals surface area (Å²) in [4.78, 5) is 4.42. The van der Waals surface area contributed by atoms with Crippen LogP contribution in [0, 0.1) is 0 Å². The van der Waals surface area contributed by atoms with E-state index in [1.165, 1.54) is 4.40 Å². The Kier molecular flexibility index (Phi) is 3.15. The third-order valence-corrected chi connectivity index (χ3v) is 4.53. The van der Waals surface area contributed by atoms with Gasteiger partial charge in [0.05, 0.1) is 5.69 Å². The van der Waals surface area contributed by atoms with Crippen LogP contribution in [0.15, 0.2) is 29.4 Å². The van der Waals surface area contributed by atoms with Gasteiger partial charge in [0.25, 0.3) is 9.05 Å². The molecule has 0 aromatic carbocycles. The van der Waals surface area contributed by atoms with Crippen LogP contribution in [-0.4, -0.2) is 17.8 Å². The highest BCUT2D eigenvalue weighted by Crippen LogP contribution is 2.33. The van der Waals surface area contributed by atoms with Crippen LogP contribution in [-0.2, 0) is 14.5 Å². The summed E-state index contributed by atoms with van der Waals surface area (Å²) in [5.41, 5.74) is 0.767. The van der Waals surface area contributed by atoms with Gasteiger partial charge >= 0.3 is 0 Å². The predicted octanol–water partition coefficient (Wildman–Crippen LogP) is 2.95. The van der Waals surface area contributed by atoms with E-state index in [2.05, 4.69) is 4.98 Å². The van der Waals surface area contributed by atoms with Crippen LogP contribution in [0.2, 0.25) is 0 Å². The van der Waals surface area contributed by atoms with Gasteiger partial charge in [-0.15, -0.1) is 0 Å². The summed E-state index contributed by atoms with van der Waals surface area (Å²) in [5.74, 6) is 0. The summed E-state index contributed by atoms with van der Waals surface area (Å²) in [7, 11) is 1.72. The fraction of sp³-hybridized carbons (Fsp3) is 0.417. The van der Waals surface area contributed by atoms with Crippen molar-refractivity contribution in [1.82, 2.24) is 9.38 Å². The van der Waals surface area contributed by atoms with Crippen LogP contribution in [0.4, 0.5) is 0 Å². The van der Waals surface area contributed by atoms with E-state index in [1.807, 2.05) is 26.8 Å². The first-order valence-electron chi connectivity index (χ1n) is 5.69. The van der Waals surface area contributed by atoms with E-state index < -0.39 is 9.05 Å². The topological polar surface area (TPSA) is 51.4 Å². The van der Waals surface area contributed by atoms with Gasteiger partial charge in [-0.1, -0.05) is 26.8 Å². The van der Waals surface area contributed by atoms with Crippen LogP contribution in [0.5, 0.6) is 0 Å². The molecule has 0 N–H and O–H groups in total. The van der Waals surface area contributed by atoms with Crippen molar-refractivity contribution in [3.8, 4) is 0 Å². The smallest absolute Gasteiger partial charge is 0.279 e. The lowest BCUT2D eigenvalue weighted by atomic mass is 9.87. The van der Waals surface area contributed by atoms with Crippen molar-refractivity contribution in [1.29, 1.82) is 0 Å². The number of nitrogens with zero attached hydrogens (tertiary/aromatic N) is 2. The Morgan fingerprint density at radius 1 is 1.39 bits per heavy atom. The Morgan fingerprint density at radius 2 is 2.06 bits per heavy atom. The number of aromatic nitrogens is 2. The lowest BCUT2D eigenvalue weighted by Gasteiger charge is -2.20. The van der Waals surface area contributed by atoms with Gasteiger partial charge in [-0.2, -0.15) is 0 Å². The number of imidazole rings is 1. The van der Waals surface area contributed by atoms with E-state index in [1.54, 1.807) is 18.3 Å². The first kappa shape index (κ1) is 13.4. The highest BCUT2D eigenvalue weighted by Gasteiger charge is 2.32. The second kappa shape index (κ2) is 4.24. The highest BCUT2D eigenvalue weighted by molar-refractivity contribution is 8.13. The predicted molar refractivity (Wildman–Crippen MR) is 71.5 cm³/mol. The van der Waals surface area contributed by atoms with Crippen LogP contribution in [0.1, 0.15) is 32.9 Å². The van der Waals surface area contributed by atoms with Gasteiger partial charge in [-0.05, 0) is 18.6 Å². The molecule has 0 unspecified atom stereocenters. The Labute approximate surface area is 111 Å². The Bertz CT molecular complexity index is 689. The standard InChI is InChI=1S/C12H15ClN2O2S/c1-4-12(2,3)10-11(18(13,16)17)15-8-6-5-7-9(15)14-10/h5-8H,4H2,1-3H3. The average Bonchev–Trinajstić information content (AvgIpc) is 2.68. The molecule has 0 radical (unpaired) electrons. The summed E-state index contributed by atoms with van der Waals surface area (Å²) in [5, 5.41) is 0.0756. The zero-order valence-electron chi connectivity index (χ0n) is 10.5. The van der Waals surface area contributed by atoms with Gasteiger partial charge in [-0.3, -0.25) is 4.40 Å². The van der Waals surface area contributed by atoms with Crippen LogP contribution in [0.3, 0.4) is 0 Å². The summed E-state index contributed by atoms with van der Waals surface area (Å²) in [6.07, 6.45) is 2.43. The molecule has 0 aliphatic carbocycles. The number of pyridine rings is 1. The summed E-state index contributed by atoms with van der Waals surface area (Å²) < 4.78 is 25.1. The van der Waals surface area contributed by atoms with Crippen LogP contribution >= 0.6 is 10.7 Å². The lowest BCUT2D eigenvalue weighted by molar-refractivity contribution is 0.478. The molecule has 0 atom stereocenters. The van der Waals surface area contributed by atoms with Gasteiger partial charge in [-0.25, -0.2) is 13.4 Å². The molecule has 2 heterocycles. The monoisotopic (exact) mass is 286 g/mol. The second-order valence-corrected chi connectivity index (χ2v) is 7.35. The Morgan fingerprint density at radius 3 is 2.61 bits per heavy atom. The van der Waals surface area contributed by atoms with E-state index in [-0.39, 0.29) is 10.4 Å². The molecule has 0 saturated heterocycles. The molecule has 0 spiro atoms. The van der Waals surface area contributed by atoms with E-state index in [0.29, 0.717) is 11.3 Å². The van der Waals surface area contributed by atoms with Crippen molar-refractivity contribution in [2.45, 2.75) is 37.6 Å². The molecule has 0 bridgehead atoms. The quantitative estimate of drug-likeness (QED) is 0.815. The first-order valence-corrected chi connectivity index (χ1v) is 8.00. The Hall–Kier alpha value is -1.07. The lowest BCUT2D eigenvalue weighted by Crippen LogP contribution is -2.19. The highest BCUT2D eigenvalue weighted by atomic mass is 35.7. The van der Waals surface area contributed by atoms with Gasteiger partial charge in [0.15, 0.2) is 5.03 Å². The molecular formula is C12H15ClN2O2S. The number of hydrogen-bond donors (Lipinski definition) is 0. The molecule has 0 saturated carbocycles. The van der Waals surface area contributed by atoms with Crippen molar-refractivity contribution in [3.63, 3.8) is 0 Å². The number of fused-ring (bicyclic) bond motifs is 1. The SMILES string of the molecule is CCC(C)(C)c1nc2ccccn2c1S(=O)(=O)Cl. The van der Waals surface area contributed by atoms with Crippen molar-refractivity contribution in [2.24, 2.45) is 0 Å². The Balaban J connectivity index is 2.90. The van der Waals surface area contributed by atoms with E-state index in [9.17, 15) is 8.42 Å². The third kappa shape index (κ3) is 2.12. The largest absolute Gasteiger partial charge is 0.289 e. The molecule has 2 aromatic heterocycles. The van der Waals surface area contributed by atoms with Gasteiger partial charge in [0.2, 0.25) is 0 Å². The van der Waals surface area contributed by atoms with E-state index in [0.717, 1.165) is 6.42 Å². The van der Waals surface area contributed by atoms with Gasteiger partial charge in [0.1, 0.15) is 5.65 Å². The number of rotatable bonds is 3. The molecule has 2 rings (SSSR count). The number of halogens is 1. The maximum atomic E-state index is 11.8. The molecule has 2 aromatic rings. The van der Waals surface area contributed by atoms with E-state index >= 15 is 0 Å². The molecular weight excluding hydrogens is 272 g/mol. The van der Waals surface area contributed by atoms with E-state index in [4.69, 9.17) is 10.7 Å². The molecule has 0 fully saturated rings. The average molecular weight is 287 g/mol. The third-order valence-electron chi connectivity index (χ3n) is 3.24. The van der Waals surface area contributed by atoms with Gasteiger partial charge < -0.3 is 0 Å². The van der Waals surface area contributed by atoms with Crippen molar-refractivity contribution in [2.75, 3.05) is 0 Å². The summed E-state index contributed by atoms with van der Waals surface area (Å²) in [6.45, 7) is 5.91. The zero-order valence-corrected chi connectivity index (χ0v) is 12.1. The normalized spacial score (nSPS) is 13.1. The molecule has 18 heavy (non-hydrogen) atoms. The minimum Gasteiger partial charge on any atom is -0.289 e. The molecule has 6 heteroatoms. The first-order chi connectivity index (χ1) is 8.27. The minimum absolute atomic E-state index is 0.0756. The molecule has 4 nitrogen and oxygen atoms in total. The molecule has 0 aliphatic heterocycles. The fourth-order valence-corrected chi connectivity index (χ4v) is 3.20. The minimum atomic E-state index is -3.84. The molecule has 98 valence electrons. The van der Waals surface area contributed by atoms with Crippen LogP contribution < -0.4 is 0 Å². The summed E-state index contributed by atoms with van der Waals surface area (Å²) >= 11 is 0. The van der Waals surface area contributed by atoms with Crippen molar-refractivity contribution in [3.05, 3.63) is 30.1 Å². The maximum Gasteiger partial charge on any atom is 0.279 e. The van der Waals surface area contributed by atoms with Crippen molar-refractivity contribution < 1.29 is 8.42 Å². The van der Waals surface area contributed by atoms with Crippen molar-refractivity contribution >= 4 is 25.4 Å². The molecule has 0 amide bonds. The zero-order chi connectivity index (χ0) is 13.6. The number of hydrogen-bond acceptors (Lipinski definition) is 3. The maximum absolute atomic E-state index is 11.8. The van der Waals surface area contributed by atoms with Crippen LogP contribution in [0.25, 0.3) is 5.65 Å². The second-order valence-electron chi connectivity index (χ2n) is 4.87.